The first kappa shape index (κ1) is 38.2. The Morgan fingerprint density at radius 3 is 2.63 bits per heavy atom. The lowest BCUT2D eigenvalue weighted by Crippen LogP contribution is -2.50. The fraction of sp³-hybridized carbons (Fsp3) is 0.771. The summed E-state index contributed by atoms with van der Waals surface area (Å²) in [6.07, 6.45) is 7.02. The Labute approximate surface area is 275 Å². The number of nitrogens with one attached hydrogen (secondary N) is 1. The average molecular weight is 651 g/mol. The number of hydrogen-bond acceptors (Lipinski definition) is 10. The van der Waals surface area contributed by atoms with Crippen molar-refractivity contribution in [1.82, 2.24) is 10.2 Å². The maximum Gasteiger partial charge on any atom is 0.410 e. The number of epoxide rings is 1. The van der Waals surface area contributed by atoms with Gasteiger partial charge in [0.05, 0.1) is 36.4 Å². The van der Waals surface area contributed by atoms with Crippen molar-refractivity contribution >= 4 is 12.1 Å². The number of cyclic esters (lactones) is 1. The van der Waals surface area contributed by atoms with Crippen LogP contribution in [0.15, 0.2) is 36.0 Å². The van der Waals surface area contributed by atoms with Crippen molar-refractivity contribution in [1.29, 1.82) is 0 Å². The van der Waals surface area contributed by atoms with Gasteiger partial charge in [0, 0.05) is 51.0 Å². The molecule has 0 saturated carbocycles. The summed E-state index contributed by atoms with van der Waals surface area (Å²) >= 11 is 0. The Kier molecular flexibility index (Phi) is 14.3. The van der Waals surface area contributed by atoms with E-state index in [1.165, 1.54) is 0 Å². The lowest BCUT2D eigenvalue weighted by molar-refractivity contribution is -0.152. The first-order chi connectivity index (χ1) is 21.7. The summed E-state index contributed by atoms with van der Waals surface area (Å²) in [5.74, 6) is -0.830. The molecule has 2 saturated heterocycles. The summed E-state index contributed by atoms with van der Waals surface area (Å²) in [7, 11) is 0. The molecule has 3 rings (SSSR count). The molecule has 0 unspecified atom stereocenters. The number of esters is 1. The molecule has 0 aromatic carbocycles. The minimum Gasteiger partial charge on any atom is -0.457 e. The molecule has 4 N–H and O–H groups in total. The molecule has 0 spiro atoms. The summed E-state index contributed by atoms with van der Waals surface area (Å²) in [6.45, 7) is 16.0. The van der Waals surface area contributed by atoms with Gasteiger partial charge in [-0.05, 0) is 58.6 Å². The number of aliphatic hydroxyl groups excluding tert-OH is 2. The van der Waals surface area contributed by atoms with Crippen LogP contribution >= 0.6 is 0 Å². The second-order valence-corrected chi connectivity index (χ2v) is 13.6. The number of aliphatic hydroxyl groups is 3. The van der Waals surface area contributed by atoms with Gasteiger partial charge in [0.15, 0.2) is 6.10 Å². The van der Waals surface area contributed by atoms with Gasteiger partial charge in [-0.15, -0.1) is 0 Å². The van der Waals surface area contributed by atoms with Gasteiger partial charge in [0.25, 0.3) is 0 Å². The van der Waals surface area contributed by atoms with E-state index in [1.54, 1.807) is 30.1 Å². The molecule has 0 radical (unpaired) electrons. The lowest BCUT2D eigenvalue weighted by atomic mass is 9.88. The largest absolute Gasteiger partial charge is 0.457 e. The second kappa shape index (κ2) is 17.2. The molecule has 11 nitrogen and oxygen atoms in total. The number of amides is 1. The summed E-state index contributed by atoms with van der Waals surface area (Å²) in [5.41, 5.74) is -1.33. The molecule has 262 valence electrons. The zero-order valence-electron chi connectivity index (χ0n) is 28.8. The molecule has 0 aliphatic carbocycles. The van der Waals surface area contributed by atoms with Crippen LogP contribution in [-0.4, -0.2) is 113 Å². The smallest absolute Gasteiger partial charge is 0.410 e. The van der Waals surface area contributed by atoms with Crippen LogP contribution < -0.4 is 5.32 Å². The maximum atomic E-state index is 13.2. The third-order valence-corrected chi connectivity index (χ3v) is 9.42. The molecule has 0 aromatic rings. The fourth-order valence-corrected chi connectivity index (χ4v) is 6.31. The van der Waals surface area contributed by atoms with Crippen LogP contribution in [0.3, 0.4) is 0 Å². The highest BCUT2D eigenvalue weighted by Gasteiger charge is 2.47. The van der Waals surface area contributed by atoms with E-state index in [4.69, 9.17) is 18.9 Å². The molecule has 0 aromatic heterocycles. The van der Waals surface area contributed by atoms with Crippen LogP contribution in [-0.2, 0) is 23.7 Å². The van der Waals surface area contributed by atoms with E-state index in [0.29, 0.717) is 52.0 Å². The van der Waals surface area contributed by atoms with E-state index < -0.39 is 47.7 Å². The van der Waals surface area contributed by atoms with E-state index in [9.17, 15) is 24.9 Å². The monoisotopic (exact) mass is 650 g/mol. The van der Waals surface area contributed by atoms with Crippen molar-refractivity contribution in [3.8, 4) is 0 Å². The van der Waals surface area contributed by atoms with Gasteiger partial charge in [-0.3, -0.25) is 4.79 Å². The Morgan fingerprint density at radius 2 is 1.98 bits per heavy atom. The molecule has 11 heteroatoms. The highest BCUT2D eigenvalue weighted by atomic mass is 16.6. The minimum absolute atomic E-state index is 0.00245. The van der Waals surface area contributed by atoms with Crippen molar-refractivity contribution in [3.05, 3.63) is 36.0 Å². The molecule has 2 fully saturated rings. The predicted octanol–water partition coefficient (Wildman–Crippen LogP) is 3.66. The molecule has 3 aliphatic heterocycles. The van der Waals surface area contributed by atoms with Crippen LogP contribution in [0, 0.1) is 11.8 Å². The zero-order valence-corrected chi connectivity index (χ0v) is 28.8. The minimum atomic E-state index is -1.14. The Bertz CT molecular complexity index is 1090. The Balaban J connectivity index is 1.79. The third-order valence-electron chi connectivity index (χ3n) is 9.42. The van der Waals surface area contributed by atoms with Crippen molar-refractivity contribution < 1.29 is 43.9 Å². The molecular formula is C35H58N2O9. The van der Waals surface area contributed by atoms with E-state index in [0.717, 1.165) is 5.57 Å². The first-order valence-electron chi connectivity index (χ1n) is 17.0. The van der Waals surface area contributed by atoms with Gasteiger partial charge in [0.1, 0.15) is 11.7 Å². The Morgan fingerprint density at radius 1 is 1.28 bits per heavy atom. The number of carbonyl (C=O) groups is 2. The fourth-order valence-electron chi connectivity index (χ4n) is 6.31. The van der Waals surface area contributed by atoms with Crippen LogP contribution in [0.1, 0.15) is 80.6 Å². The van der Waals surface area contributed by atoms with Gasteiger partial charge in [-0.25, -0.2) is 4.79 Å². The van der Waals surface area contributed by atoms with E-state index in [2.05, 4.69) is 5.32 Å². The quantitative estimate of drug-likeness (QED) is 0.113. The van der Waals surface area contributed by atoms with Gasteiger partial charge in [-0.1, -0.05) is 45.1 Å². The lowest BCUT2D eigenvalue weighted by Gasteiger charge is -2.38. The van der Waals surface area contributed by atoms with E-state index in [1.807, 2.05) is 53.7 Å². The summed E-state index contributed by atoms with van der Waals surface area (Å²) in [5, 5.41) is 35.2. The summed E-state index contributed by atoms with van der Waals surface area (Å²) in [6, 6.07) is 0. The van der Waals surface area contributed by atoms with Gasteiger partial charge >= 0.3 is 12.1 Å². The van der Waals surface area contributed by atoms with Crippen molar-refractivity contribution in [2.45, 2.75) is 128 Å². The van der Waals surface area contributed by atoms with Crippen molar-refractivity contribution in [2.75, 3.05) is 32.8 Å². The number of hydrogen-bond donors (Lipinski definition) is 4. The molecular weight excluding hydrogens is 592 g/mol. The molecule has 3 aliphatic rings. The zero-order chi connectivity index (χ0) is 34.1. The summed E-state index contributed by atoms with van der Waals surface area (Å²) < 4.78 is 23.9. The number of piperazine rings is 1. The van der Waals surface area contributed by atoms with Gasteiger partial charge in [0.2, 0.25) is 0 Å². The molecule has 46 heavy (non-hydrogen) atoms. The number of allylic oxidation sites excluding steroid dienone is 2. The molecule has 3 heterocycles. The Hall–Kier alpha value is -2.28. The van der Waals surface area contributed by atoms with Crippen molar-refractivity contribution in [3.63, 3.8) is 0 Å². The molecule has 0 bridgehead atoms. The van der Waals surface area contributed by atoms with E-state index >= 15 is 0 Å². The molecule has 1 amide bonds. The number of nitrogens with zero attached hydrogens (tertiary/aromatic N) is 1. The first-order valence-corrected chi connectivity index (χ1v) is 17.0. The number of rotatable bonds is 11. The third kappa shape index (κ3) is 11.2. The topological polar surface area (TPSA) is 150 Å². The van der Waals surface area contributed by atoms with Crippen LogP contribution in [0.5, 0.6) is 0 Å². The van der Waals surface area contributed by atoms with Gasteiger partial charge in [-0.2, -0.15) is 0 Å². The standard InChI is InChI=1S/C35H58N2O9/c1-8-27(39)25(5)32-28(44-32)22-34(6,42)15-10-11-23(3)31-24(4)12-13-29(45-33(41)37-19-17-36-18-20-37)35(7,43-9-2)16-14-26(38)21-30(40)46-31/h10-13,15,24-29,31-32,36,38-39,42H,8-9,14,16-22H2,1-7H3/b13-12-,15-10+,23-11+/t24-,25+,26+,27-,28+,29-,31+,32-,34-,35+/m0/s1. The highest BCUT2D eigenvalue weighted by molar-refractivity contribution is 5.70. The van der Waals surface area contributed by atoms with E-state index in [-0.39, 0.29) is 36.9 Å². The highest BCUT2D eigenvalue weighted by Crippen LogP contribution is 2.37. The second-order valence-electron chi connectivity index (χ2n) is 13.6. The number of carbonyl (C=O) groups excluding carboxylic acids is 2. The predicted molar refractivity (Wildman–Crippen MR) is 175 cm³/mol. The van der Waals surface area contributed by atoms with Crippen LogP contribution in [0.4, 0.5) is 4.79 Å². The van der Waals surface area contributed by atoms with Gasteiger partial charge < -0.3 is 44.5 Å². The summed E-state index contributed by atoms with van der Waals surface area (Å²) in [4.78, 5) is 27.8. The number of ether oxygens (including phenoxy) is 4. The molecule has 10 atom stereocenters. The SMILES string of the molecule is CCO[C@]1(C)CC[C@@H](O)CC(=O)O[C@H](/C(C)=C/C=C/[C@](C)(O)C[C@H]2O[C@H]2[C@H](C)[C@@H](O)CC)[C@@H](C)/C=C\[C@@H]1OC(=O)N1CCNCC1. The normalized spacial score (nSPS) is 34.9. The van der Waals surface area contributed by atoms with Crippen LogP contribution in [0.2, 0.25) is 0 Å². The average Bonchev–Trinajstić information content (AvgIpc) is 3.77. The van der Waals surface area contributed by atoms with Crippen LogP contribution in [0.25, 0.3) is 0 Å². The van der Waals surface area contributed by atoms with Crippen molar-refractivity contribution in [2.24, 2.45) is 11.8 Å². The maximum absolute atomic E-state index is 13.2.